The lowest BCUT2D eigenvalue weighted by Crippen LogP contribution is -2.48. The minimum atomic E-state index is -0.0714. The summed E-state index contributed by atoms with van der Waals surface area (Å²) in [5.41, 5.74) is 7.34. The molecule has 0 aromatic carbocycles. The third-order valence-electron chi connectivity index (χ3n) is 4.09. The summed E-state index contributed by atoms with van der Waals surface area (Å²) >= 11 is 0. The Kier molecular flexibility index (Phi) is 3.50. The number of nitrogens with zero attached hydrogens (tertiary/aromatic N) is 3. The average Bonchev–Trinajstić information content (AvgIpc) is 2.91. The number of aromatic nitrogens is 4. The molecule has 0 amide bonds. The molecule has 0 saturated carbocycles. The van der Waals surface area contributed by atoms with Gasteiger partial charge in [-0.15, -0.1) is 5.10 Å². The molecule has 0 spiro atoms. The van der Waals surface area contributed by atoms with Crippen molar-refractivity contribution in [2.75, 3.05) is 18.0 Å². The van der Waals surface area contributed by atoms with Crippen LogP contribution in [-0.2, 0) is 0 Å². The zero-order chi connectivity index (χ0) is 15.0. The summed E-state index contributed by atoms with van der Waals surface area (Å²) in [6.45, 7) is 5.63. The van der Waals surface area contributed by atoms with E-state index < -0.39 is 0 Å². The van der Waals surface area contributed by atoms with E-state index in [2.05, 4.69) is 32.0 Å². The highest BCUT2D eigenvalue weighted by Crippen LogP contribution is 2.21. The second kappa shape index (κ2) is 5.33. The maximum atomic E-state index is 12.0. The van der Waals surface area contributed by atoms with Gasteiger partial charge in [0, 0.05) is 37.1 Å². The van der Waals surface area contributed by atoms with Crippen molar-refractivity contribution >= 4 is 5.95 Å². The predicted octanol–water partition coefficient (Wildman–Crippen LogP) is 0.642. The fourth-order valence-corrected chi connectivity index (χ4v) is 2.55. The van der Waals surface area contributed by atoms with E-state index in [0.29, 0.717) is 23.3 Å². The van der Waals surface area contributed by atoms with E-state index >= 15 is 0 Å². The molecule has 7 nitrogen and oxygen atoms in total. The first-order valence-electron chi connectivity index (χ1n) is 7.17. The molecule has 2 aromatic heterocycles. The Morgan fingerprint density at radius 2 is 2.29 bits per heavy atom. The van der Waals surface area contributed by atoms with Gasteiger partial charge in [-0.3, -0.25) is 9.89 Å². The number of hydrogen-bond acceptors (Lipinski definition) is 5. The van der Waals surface area contributed by atoms with Crippen LogP contribution in [0.2, 0.25) is 0 Å². The lowest BCUT2D eigenvalue weighted by molar-refractivity contribution is 0.376. The Labute approximate surface area is 122 Å². The molecule has 2 unspecified atom stereocenters. The predicted molar refractivity (Wildman–Crippen MR) is 81.1 cm³/mol. The van der Waals surface area contributed by atoms with E-state index in [-0.39, 0.29) is 11.5 Å². The van der Waals surface area contributed by atoms with Gasteiger partial charge in [-0.25, -0.2) is 0 Å². The second-order valence-electron chi connectivity index (χ2n) is 5.75. The average molecular weight is 288 g/mol. The van der Waals surface area contributed by atoms with Gasteiger partial charge in [0.15, 0.2) is 11.3 Å². The van der Waals surface area contributed by atoms with Crippen molar-refractivity contribution in [2.45, 2.75) is 26.3 Å². The SMILES string of the molecule is Cc1cc(=O)c(-c2nc(N3CCC(C)C(N)C3)n[nH]2)c[nH]1. The summed E-state index contributed by atoms with van der Waals surface area (Å²) in [5.74, 6) is 1.60. The molecule has 1 aliphatic heterocycles. The molecule has 4 N–H and O–H groups in total. The topological polar surface area (TPSA) is 104 Å². The van der Waals surface area contributed by atoms with Crippen LogP contribution < -0.4 is 16.1 Å². The summed E-state index contributed by atoms with van der Waals surface area (Å²) in [7, 11) is 0. The van der Waals surface area contributed by atoms with E-state index in [0.717, 1.165) is 25.2 Å². The number of nitrogens with two attached hydrogens (primary N) is 1. The molecule has 7 heteroatoms. The van der Waals surface area contributed by atoms with Crippen LogP contribution in [0.4, 0.5) is 5.95 Å². The molecule has 112 valence electrons. The van der Waals surface area contributed by atoms with Crippen LogP contribution in [0.25, 0.3) is 11.4 Å². The molecule has 3 heterocycles. The standard InChI is InChI=1S/C14H20N6O/c1-8-3-4-20(7-11(8)15)14-17-13(18-19-14)10-6-16-9(2)5-12(10)21/h5-6,8,11H,3-4,7,15H2,1-2H3,(H,16,21)(H,17,18,19). The van der Waals surface area contributed by atoms with E-state index in [1.165, 1.54) is 0 Å². The van der Waals surface area contributed by atoms with Gasteiger partial charge in [0.2, 0.25) is 5.95 Å². The van der Waals surface area contributed by atoms with E-state index in [1.807, 2.05) is 6.92 Å². The van der Waals surface area contributed by atoms with Crippen LogP contribution in [0.5, 0.6) is 0 Å². The van der Waals surface area contributed by atoms with Crippen LogP contribution >= 0.6 is 0 Å². The lowest BCUT2D eigenvalue weighted by atomic mass is 9.95. The highest BCUT2D eigenvalue weighted by Gasteiger charge is 2.25. The van der Waals surface area contributed by atoms with Crippen molar-refractivity contribution in [1.82, 2.24) is 20.2 Å². The number of hydrogen-bond donors (Lipinski definition) is 3. The zero-order valence-corrected chi connectivity index (χ0v) is 12.3. The van der Waals surface area contributed by atoms with Gasteiger partial charge in [0.25, 0.3) is 0 Å². The quantitative estimate of drug-likeness (QED) is 0.752. The normalized spacial score (nSPS) is 22.5. The minimum absolute atomic E-state index is 0.0714. The number of aromatic amines is 2. The van der Waals surface area contributed by atoms with E-state index in [1.54, 1.807) is 12.3 Å². The van der Waals surface area contributed by atoms with Crippen LogP contribution in [0, 0.1) is 12.8 Å². The number of pyridine rings is 1. The first-order valence-corrected chi connectivity index (χ1v) is 7.17. The summed E-state index contributed by atoms with van der Waals surface area (Å²) in [4.78, 5) is 21.5. The number of H-pyrrole nitrogens is 2. The van der Waals surface area contributed by atoms with Crippen molar-refractivity contribution < 1.29 is 0 Å². The molecule has 2 aromatic rings. The zero-order valence-electron chi connectivity index (χ0n) is 12.3. The van der Waals surface area contributed by atoms with Crippen LogP contribution in [0.1, 0.15) is 19.0 Å². The summed E-state index contributed by atoms with van der Waals surface area (Å²) in [5, 5.41) is 7.06. The Morgan fingerprint density at radius 3 is 3.00 bits per heavy atom. The van der Waals surface area contributed by atoms with Gasteiger partial charge < -0.3 is 15.6 Å². The molecule has 1 fully saturated rings. The van der Waals surface area contributed by atoms with Gasteiger partial charge in [-0.05, 0) is 19.3 Å². The fourth-order valence-electron chi connectivity index (χ4n) is 2.55. The number of anilines is 1. The van der Waals surface area contributed by atoms with E-state index in [9.17, 15) is 4.79 Å². The van der Waals surface area contributed by atoms with Gasteiger partial charge in [0.05, 0.1) is 5.56 Å². The summed E-state index contributed by atoms with van der Waals surface area (Å²) < 4.78 is 0. The molecule has 21 heavy (non-hydrogen) atoms. The Balaban J connectivity index is 1.85. The second-order valence-corrected chi connectivity index (χ2v) is 5.75. The van der Waals surface area contributed by atoms with Gasteiger partial charge in [-0.2, -0.15) is 4.98 Å². The molecular formula is C14H20N6O. The van der Waals surface area contributed by atoms with Crippen molar-refractivity contribution in [3.05, 3.63) is 28.2 Å². The van der Waals surface area contributed by atoms with Crippen molar-refractivity contribution in [3.8, 4) is 11.4 Å². The van der Waals surface area contributed by atoms with Crippen molar-refractivity contribution in [2.24, 2.45) is 11.7 Å². The first-order chi connectivity index (χ1) is 10.0. The largest absolute Gasteiger partial charge is 0.364 e. The smallest absolute Gasteiger partial charge is 0.245 e. The number of aryl methyl sites for hydroxylation is 1. The fraction of sp³-hybridized carbons (Fsp3) is 0.500. The Morgan fingerprint density at radius 1 is 1.48 bits per heavy atom. The molecular weight excluding hydrogens is 268 g/mol. The lowest BCUT2D eigenvalue weighted by Gasteiger charge is -2.34. The van der Waals surface area contributed by atoms with Gasteiger partial charge in [0.1, 0.15) is 0 Å². The molecule has 1 aliphatic rings. The Bertz CT molecular complexity index is 691. The highest BCUT2D eigenvalue weighted by atomic mass is 16.1. The summed E-state index contributed by atoms with van der Waals surface area (Å²) in [6, 6.07) is 1.68. The van der Waals surface area contributed by atoms with Crippen LogP contribution in [0.3, 0.4) is 0 Å². The molecule has 0 bridgehead atoms. The molecule has 0 aliphatic carbocycles. The van der Waals surface area contributed by atoms with Crippen LogP contribution in [0.15, 0.2) is 17.1 Å². The van der Waals surface area contributed by atoms with Crippen LogP contribution in [-0.4, -0.2) is 39.3 Å². The number of nitrogens with one attached hydrogen (secondary N) is 2. The van der Waals surface area contributed by atoms with Gasteiger partial charge in [-0.1, -0.05) is 6.92 Å². The maximum Gasteiger partial charge on any atom is 0.245 e. The third-order valence-corrected chi connectivity index (χ3v) is 4.09. The number of rotatable bonds is 2. The molecule has 3 rings (SSSR count). The first kappa shape index (κ1) is 13.8. The highest BCUT2D eigenvalue weighted by molar-refractivity contribution is 5.55. The van der Waals surface area contributed by atoms with Crippen molar-refractivity contribution in [1.29, 1.82) is 0 Å². The molecule has 2 atom stereocenters. The monoisotopic (exact) mass is 288 g/mol. The van der Waals surface area contributed by atoms with Crippen molar-refractivity contribution in [3.63, 3.8) is 0 Å². The Hall–Kier alpha value is -2.15. The number of piperidine rings is 1. The van der Waals surface area contributed by atoms with Gasteiger partial charge >= 0.3 is 0 Å². The van der Waals surface area contributed by atoms with E-state index in [4.69, 9.17) is 5.73 Å². The maximum absolute atomic E-state index is 12.0. The minimum Gasteiger partial charge on any atom is -0.364 e. The molecule has 0 radical (unpaired) electrons. The third kappa shape index (κ3) is 2.69. The molecule has 1 saturated heterocycles. The summed E-state index contributed by atoms with van der Waals surface area (Å²) in [6.07, 6.45) is 2.68.